The van der Waals surface area contributed by atoms with Gasteiger partial charge in [-0.15, -0.1) is 13.2 Å². The van der Waals surface area contributed by atoms with Crippen LogP contribution in [0.15, 0.2) is 36.9 Å². The Morgan fingerprint density at radius 2 is 1.85 bits per heavy atom. The highest BCUT2D eigenvalue weighted by molar-refractivity contribution is 7.59. The van der Waals surface area contributed by atoms with Crippen molar-refractivity contribution in [2.75, 3.05) is 19.1 Å². The molecule has 39 heavy (non-hydrogen) atoms. The molecule has 12 nitrogen and oxygen atoms in total. The zero-order chi connectivity index (χ0) is 29.2. The number of ether oxygens (including phenoxy) is 2. The lowest BCUT2D eigenvalue weighted by atomic mass is 10.1. The first-order valence-electron chi connectivity index (χ1n) is 11.8. The van der Waals surface area contributed by atoms with Gasteiger partial charge in [0, 0.05) is 6.04 Å². The molecule has 3 rings (SSSR count). The van der Waals surface area contributed by atoms with Gasteiger partial charge in [0.15, 0.2) is 11.5 Å². The van der Waals surface area contributed by atoms with Gasteiger partial charge in [-0.2, -0.15) is 0 Å². The normalized spacial score (nSPS) is 15.7. The molecule has 0 fully saturated rings. The number of nitrogens with zero attached hydrogens (tertiary/aromatic N) is 5. The number of nitrogens with one attached hydrogen (secondary N) is 1. The van der Waals surface area contributed by atoms with Crippen LogP contribution < -0.4 is 15.6 Å². The Bertz CT molecular complexity index is 1350. The molecule has 2 aromatic heterocycles. The summed E-state index contributed by atoms with van der Waals surface area (Å²) < 4.78 is 64.8. The highest BCUT2D eigenvalue weighted by Gasteiger charge is 2.41. The number of hydrogen-bond acceptors (Lipinski definition) is 8. The van der Waals surface area contributed by atoms with Gasteiger partial charge in [-0.05, 0) is 52.4 Å². The van der Waals surface area contributed by atoms with Crippen LogP contribution in [-0.4, -0.2) is 66.7 Å². The molecule has 1 aromatic carbocycles. The molecule has 214 valence electrons. The Morgan fingerprint density at radius 3 is 2.44 bits per heavy atom. The molecule has 0 saturated carbocycles. The minimum Gasteiger partial charge on any atom is -0.480 e. The second-order valence-electron chi connectivity index (χ2n) is 9.54. The minimum absolute atomic E-state index is 0.227. The number of carbonyl (C=O) groups is 1. The van der Waals surface area contributed by atoms with Gasteiger partial charge in [-0.3, -0.25) is 9.36 Å². The number of carboxylic acid groups (broad SMARTS) is 1. The third-order valence-electron chi connectivity index (χ3n) is 6.07. The fourth-order valence-electron chi connectivity index (χ4n) is 3.72. The summed E-state index contributed by atoms with van der Waals surface area (Å²) >= 11 is 0. The van der Waals surface area contributed by atoms with Crippen molar-refractivity contribution in [1.82, 2.24) is 29.3 Å². The van der Waals surface area contributed by atoms with Gasteiger partial charge in [0.2, 0.25) is 7.44 Å². The van der Waals surface area contributed by atoms with E-state index >= 15 is 0 Å². The predicted molar refractivity (Wildman–Crippen MR) is 137 cm³/mol. The summed E-state index contributed by atoms with van der Waals surface area (Å²) in [6, 6.07) is 4.52. The molecule has 3 atom stereocenters. The number of imidazole rings is 1. The third-order valence-corrected chi connectivity index (χ3v) is 8.85. The lowest BCUT2D eigenvalue weighted by molar-refractivity contribution is -0.274. The van der Waals surface area contributed by atoms with Crippen LogP contribution in [0.4, 0.5) is 19.0 Å². The van der Waals surface area contributed by atoms with E-state index in [1.54, 1.807) is 18.4 Å². The summed E-state index contributed by atoms with van der Waals surface area (Å²) in [4.78, 5) is 24.1. The predicted octanol–water partition coefficient (Wildman–Crippen LogP) is 4.01. The first-order valence-corrected chi connectivity index (χ1v) is 13.6. The molecule has 0 spiro atoms. The van der Waals surface area contributed by atoms with E-state index in [1.807, 2.05) is 0 Å². The van der Waals surface area contributed by atoms with Crippen molar-refractivity contribution in [1.29, 1.82) is 0 Å². The second kappa shape index (κ2) is 11.5. The Kier molecular flexibility index (Phi) is 8.90. The van der Waals surface area contributed by atoms with Gasteiger partial charge >= 0.3 is 12.3 Å². The average Bonchev–Trinajstić information content (AvgIpc) is 3.25. The van der Waals surface area contributed by atoms with Gasteiger partial charge in [0.25, 0.3) is 0 Å². The number of aliphatic carboxylic acids is 1. The zero-order valence-electron chi connectivity index (χ0n) is 22.0. The maximum Gasteiger partial charge on any atom is 0.573 e. The molecule has 0 aliphatic heterocycles. The molecule has 0 aliphatic carbocycles. The number of halogens is 3. The number of fused-ring (bicyclic) bond motifs is 1. The molecule has 0 saturated heterocycles. The Balaban J connectivity index is 1.79. The van der Waals surface area contributed by atoms with Gasteiger partial charge in [-0.1, -0.05) is 12.1 Å². The number of hydrogen-bond donors (Lipinski definition) is 3. The van der Waals surface area contributed by atoms with Crippen LogP contribution in [0.3, 0.4) is 0 Å². The van der Waals surface area contributed by atoms with Crippen molar-refractivity contribution in [2.24, 2.45) is 0 Å². The summed E-state index contributed by atoms with van der Waals surface area (Å²) in [6.07, 6.45) is -2.87. The molecule has 0 radical (unpaired) electrons. The van der Waals surface area contributed by atoms with E-state index in [-0.39, 0.29) is 18.7 Å². The largest absolute Gasteiger partial charge is 0.573 e. The van der Waals surface area contributed by atoms with Crippen molar-refractivity contribution < 1.29 is 37.1 Å². The van der Waals surface area contributed by atoms with E-state index in [0.717, 1.165) is 12.1 Å². The van der Waals surface area contributed by atoms with Crippen molar-refractivity contribution in [3.63, 3.8) is 0 Å². The highest BCUT2D eigenvalue weighted by Crippen LogP contribution is 2.51. The lowest BCUT2D eigenvalue weighted by Gasteiger charge is -2.38. The first-order chi connectivity index (χ1) is 18.0. The number of nitrogen functional groups attached to an aromatic ring is 1. The molecule has 16 heteroatoms. The first kappa shape index (κ1) is 30.3. The van der Waals surface area contributed by atoms with Crippen molar-refractivity contribution in [2.45, 2.75) is 58.3 Å². The fraction of sp³-hybridized carbons (Fsp3) is 0.478. The molecular formula is C23H31F3N7O5P. The Labute approximate surface area is 222 Å². The number of aromatic nitrogens is 4. The van der Waals surface area contributed by atoms with Gasteiger partial charge < -0.3 is 24.9 Å². The zero-order valence-corrected chi connectivity index (χ0v) is 22.9. The fourth-order valence-corrected chi connectivity index (χ4v) is 6.24. The number of nitrogens with two attached hydrogens (primary N) is 1. The van der Waals surface area contributed by atoms with Gasteiger partial charge in [0.05, 0.1) is 19.0 Å². The summed E-state index contributed by atoms with van der Waals surface area (Å²) in [7, 11) is -2.23. The Morgan fingerprint density at radius 1 is 1.21 bits per heavy atom. The van der Waals surface area contributed by atoms with E-state index in [9.17, 15) is 27.6 Å². The third kappa shape index (κ3) is 7.44. The number of alkyl halides is 3. The summed E-state index contributed by atoms with van der Waals surface area (Å²) in [5, 5.41) is 12.4. The van der Waals surface area contributed by atoms with Crippen LogP contribution in [0.25, 0.3) is 11.2 Å². The number of rotatable bonds is 12. The maximum atomic E-state index is 14.3. The smallest absolute Gasteiger partial charge is 0.480 e. The van der Waals surface area contributed by atoms with Crippen LogP contribution in [0, 0.1) is 0 Å². The van der Waals surface area contributed by atoms with Crippen LogP contribution in [0.1, 0.15) is 39.3 Å². The Hall–Kier alpha value is -3.26. The monoisotopic (exact) mass is 573 g/mol. The van der Waals surface area contributed by atoms with E-state index < -0.39 is 43.2 Å². The van der Waals surface area contributed by atoms with Crippen molar-refractivity contribution in [3.8, 4) is 5.75 Å². The van der Waals surface area contributed by atoms with Crippen LogP contribution in [-0.2, 0) is 20.6 Å². The van der Waals surface area contributed by atoms with Gasteiger partial charge in [-0.25, -0.2) is 24.7 Å². The molecule has 3 aromatic rings. The number of anilines is 1. The summed E-state index contributed by atoms with van der Waals surface area (Å²) in [6.45, 7) is 6.44. The summed E-state index contributed by atoms with van der Waals surface area (Å²) in [5.74, 6) is -1.40. The average molecular weight is 574 g/mol. The van der Waals surface area contributed by atoms with Crippen molar-refractivity contribution in [3.05, 3.63) is 42.5 Å². The molecule has 0 bridgehead atoms. The van der Waals surface area contributed by atoms with Gasteiger partial charge in [0.1, 0.15) is 29.5 Å². The molecule has 4 N–H and O–H groups in total. The highest BCUT2D eigenvalue weighted by atomic mass is 31.2. The standard InChI is InChI=1S/C23H31F3N7O5P/c1-14(10-33-12-30-18-19(27)28-11-29-20(18)33)37-13-39(36,31-22(3,4)21(34)35)32(5)15(2)16-6-8-17(9-7-16)38-23(24,25)26/h6-9,11-12,14-15H,10,13H2,1-5H3,(H,31,36)(H,34,35)(H2,27,28,29)/t14?,15-,39?/m1/s1. The molecular weight excluding hydrogens is 542 g/mol. The molecule has 0 aliphatic rings. The molecule has 2 unspecified atom stereocenters. The topological polar surface area (TPSA) is 158 Å². The van der Waals surface area contributed by atoms with Crippen LogP contribution in [0.5, 0.6) is 5.75 Å². The van der Waals surface area contributed by atoms with E-state index in [1.165, 1.54) is 50.4 Å². The van der Waals surface area contributed by atoms with Crippen LogP contribution in [0.2, 0.25) is 0 Å². The van der Waals surface area contributed by atoms with E-state index in [0.29, 0.717) is 16.7 Å². The van der Waals surface area contributed by atoms with E-state index in [4.69, 9.17) is 10.5 Å². The quantitative estimate of drug-likeness (QED) is 0.269. The maximum absolute atomic E-state index is 14.3. The van der Waals surface area contributed by atoms with Crippen LogP contribution >= 0.6 is 7.44 Å². The number of benzene rings is 1. The second-order valence-corrected chi connectivity index (χ2v) is 12.1. The SMILES string of the molecule is CC(Cn1cnc2c(N)ncnc21)OCP(=O)(NC(C)(C)C(=O)O)N(C)[C@H](C)c1ccc(OC(F)(F)F)cc1. The molecule has 2 heterocycles. The summed E-state index contributed by atoms with van der Waals surface area (Å²) in [5.41, 5.74) is 5.69. The number of carboxylic acids is 1. The molecule has 0 amide bonds. The van der Waals surface area contributed by atoms with Crippen molar-refractivity contribution >= 4 is 30.4 Å². The van der Waals surface area contributed by atoms with E-state index in [2.05, 4.69) is 24.8 Å². The lowest BCUT2D eigenvalue weighted by Crippen LogP contribution is -2.48. The minimum atomic E-state index is -4.83.